The number of nitrogens with one attached hydrogen (secondary N) is 1. The Hall–Kier alpha value is -2.37. The van der Waals surface area contributed by atoms with E-state index in [1.807, 2.05) is 19.1 Å². The van der Waals surface area contributed by atoms with Crippen molar-refractivity contribution in [1.82, 2.24) is 15.5 Å². The predicted octanol–water partition coefficient (Wildman–Crippen LogP) is 1.28. The normalized spacial score (nSPS) is 11.8. The molecular weight excluding hydrogens is 253 g/mol. The van der Waals surface area contributed by atoms with Crippen molar-refractivity contribution in [3.63, 3.8) is 0 Å². The summed E-state index contributed by atoms with van der Waals surface area (Å²) in [7, 11) is 5.71. The number of nitrogens with zero attached hydrogens (tertiary/aromatic N) is 2. The maximum absolute atomic E-state index is 11.3. The lowest BCUT2D eigenvalue weighted by molar-refractivity contribution is -0.117. The van der Waals surface area contributed by atoms with E-state index < -0.39 is 0 Å². The van der Waals surface area contributed by atoms with Crippen molar-refractivity contribution < 1.29 is 9.32 Å². The first-order valence-electron chi connectivity index (χ1n) is 6.26. The van der Waals surface area contributed by atoms with Crippen LogP contribution in [0.3, 0.4) is 0 Å². The zero-order valence-corrected chi connectivity index (χ0v) is 11.2. The fraction of sp³-hybridized carbons (Fsp3) is 0.214. The zero-order valence-electron chi connectivity index (χ0n) is 11.2. The van der Waals surface area contributed by atoms with Crippen molar-refractivity contribution in [3.8, 4) is 11.5 Å². The molecule has 0 aliphatic heterocycles. The van der Waals surface area contributed by atoms with Gasteiger partial charge in [-0.3, -0.25) is 4.79 Å². The number of carbonyl (C=O) groups excluding carboxylic acids is 1. The Bertz CT molecular complexity index is 624. The van der Waals surface area contributed by atoms with Gasteiger partial charge in [-0.05, 0) is 18.6 Å². The van der Waals surface area contributed by atoms with Crippen LogP contribution in [0.1, 0.15) is 25.2 Å². The Balaban J connectivity index is 2.23. The number of benzene rings is 1. The van der Waals surface area contributed by atoms with Crippen molar-refractivity contribution >= 4 is 19.2 Å². The maximum atomic E-state index is 11.3. The number of carbonyl (C=O) groups is 1. The van der Waals surface area contributed by atoms with Gasteiger partial charge >= 0.3 is 0 Å². The van der Waals surface area contributed by atoms with Gasteiger partial charge in [0.1, 0.15) is 7.85 Å². The fourth-order valence-electron chi connectivity index (χ4n) is 1.75. The molecule has 1 aromatic heterocycles. The highest BCUT2D eigenvalue weighted by molar-refractivity contribution is 6.32. The molecule has 1 N–H and O–H groups in total. The molecule has 1 atom stereocenters. The highest BCUT2D eigenvalue weighted by Gasteiger charge is 2.18. The molecular formula is C14H14BN3O2. The van der Waals surface area contributed by atoms with Gasteiger partial charge in [0.05, 0.1) is 6.04 Å². The maximum Gasteiger partial charge on any atom is 0.257 e. The molecule has 2 aromatic rings. The molecule has 6 heteroatoms. The lowest BCUT2D eigenvalue weighted by Gasteiger charge is -2.10. The summed E-state index contributed by atoms with van der Waals surface area (Å²) >= 11 is 0. The monoisotopic (exact) mass is 267 g/mol. The first-order valence-corrected chi connectivity index (χ1v) is 6.26. The number of aromatic nitrogens is 2. The summed E-state index contributed by atoms with van der Waals surface area (Å²) in [6, 6.07) is 6.86. The van der Waals surface area contributed by atoms with Crippen LogP contribution < -0.4 is 10.8 Å². The third kappa shape index (κ3) is 3.14. The molecule has 0 spiro atoms. The summed E-state index contributed by atoms with van der Waals surface area (Å²) in [5.41, 5.74) is 1.36. The Morgan fingerprint density at radius 3 is 3.05 bits per heavy atom. The van der Waals surface area contributed by atoms with Crippen molar-refractivity contribution in [1.29, 1.82) is 0 Å². The SMILES string of the molecule is [B]c1cccc(-c2nc(C(CC)NC(=O)C=C)no2)c1. The molecule has 1 amide bonds. The summed E-state index contributed by atoms with van der Waals surface area (Å²) in [5.74, 6) is 0.533. The van der Waals surface area contributed by atoms with Crippen molar-refractivity contribution in [2.24, 2.45) is 0 Å². The predicted molar refractivity (Wildman–Crippen MR) is 76.5 cm³/mol. The first kappa shape index (κ1) is 14.1. The standard InChI is InChI=1S/C14H14BN3O2/c1-3-11(16-12(19)4-2)13-17-14(20-18-13)9-6-5-7-10(15)8-9/h4-8,11H,2-3H2,1H3,(H,16,19). The molecule has 1 heterocycles. The van der Waals surface area contributed by atoms with E-state index in [2.05, 4.69) is 22.0 Å². The average molecular weight is 267 g/mol. The summed E-state index contributed by atoms with van der Waals surface area (Å²) in [6.45, 7) is 5.34. The number of rotatable bonds is 5. The van der Waals surface area contributed by atoms with Gasteiger partial charge in [-0.25, -0.2) is 0 Å². The van der Waals surface area contributed by atoms with Gasteiger partial charge < -0.3 is 9.84 Å². The van der Waals surface area contributed by atoms with Crippen LogP contribution in [0.2, 0.25) is 0 Å². The third-order valence-electron chi connectivity index (χ3n) is 2.80. The summed E-state index contributed by atoms with van der Waals surface area (Å²) in [6.07, 6.45) is 1.86. The first-order chi connectivity index (χ1) is 9.63. The zero-order chi connectivity index (χ0) is 14.5. The third-order valence-corrected chi connectivity index (χ3v) is 2.80. The van der Waals surface area contributed by atoms with E-state index in [-0.39, 0.29) is 11.9 Å². The lowest BCUT2D eigenvalue weighted by atomic mass is 9.94. The van der Waals surface area contributed by atoms with Gasteiger partial charge in [-0.15, -0.1) is 0 Å². The summed E-state index contributed by atoms with van der Waals surface area (Å²) in [4.78, 5) is 15.6. The molecule has 5 nitrogen and oxygen atoms in total. The van der Waals surface area contributed by atoms with E-state index in [4.69, 9.17) is 12.4 Å². The Labute approximate surface area is 118 Å². The van der Waals surface area contributed by atoms with Crippen LogP contribution in [0.15, 0.2) is 41.4 Å². The Morgan fingerprint density at radius 2 is 2.40 bits per heavy atom. The van der Waals surface area contributed by atoms with Gasteiger partial charge in [-0.2, -0.15) is 4.98 Å². The minimum atomic E-state index is -0.306. The summed E-state index contributed by atoms with van der Waals surface area (Å²) in [5, 5.41) is 6.65. The minimum absolute atomic E-state index is 0.271. The Kier molecular flexibility index (Phi) is 4.35. The topological polar surface area (TPSA) is 68.0 Å². The molecule has 0 saturated heterocycles. The van der Waals surface area contributed by atoms with Gasteiger partial charge in [0.25, 0.3) is 5.89 Å². The van der Waals surface area contributed by atoms with Crippen LogP contribution in [0.25, 0.3) is 11.5 Å². The average Bonchev–Trinajstić information content (AvgIpc) is 2.94. The van der Waals surface area contributed by atoms with E-state index in [1.54, 1.807) is 12.1 Å². The van der Waals surface area contributed by atoms with Crippen molar-refractivity contribution in [2.75, 3.05) is 0 Å². The molecule has 1 aromatic carbocycles. The van der Waals surface area contributed by atoms with Crippen LogP contribution in [-0.4, -0.2) is 23.9 Å². The van der Waals surface area contributed by atoms with Gasteiger partial charge in [0.2, 0.25) is 5.91 Å². The minimum Gasteiger partial charge on any atom is -0.342 e. The smallest absolute Gasteiger partial charge is 0.257 e. The lowest BCUT2D eigenvalue weighted by Crippen LogP contribution is -2.27. The van der Waals surface area contributed by atoms with E-state index in [9.17, 15) is 4.79 Å². The number of amides is 1. The second kappa shape index (κ2) is 6.19. The van der Waals surface area contributed by atoms with Crippen LogP contribution >= 0.6 is 0 Å². The molecule has 0 bridgehead atoms. The van der Waals surface area contributed by atoms with Crippen LogP contribution in [0.5, 0.6) is 0 Å². The van der Waals surface area contributed by atoms with Gasteiger partial charge in [0.15, 0.2) is 5.82 Å². The number of hydrogen-bond acceptors (Lipinski definition) is 4. The molecule has 20 heavy (non-hydrogen) atoms. The molecule has 2 rings (SSSR count). The van der Waals surface area contributed by atoms with Crippen LogP contribution in [0.4, 0.5) is 0 Å². The van der Waals surface area contributed by atoms with Crippen LogP contribution in [0, 0.1) is 0 Å². The quantitative estimate of drug-likeness (QED) is 0.654. The van der Waals surface area contributed by atoms with Crippen molar-refractivity contribution in [2.45, 2.75) is 19.4 Å². The molecule has 1 unspecified atom stereocenters. The van der Waals surface area contributed by atoms with E-state index >= 15 is 0 Å². The van der Waals surface area contributed by atoms with Gasteiger partial charge in [0, 0.05) is 5.56 Å². The summed E-state index contributed by atoms with van der Waals surface area (Å²) < 4.78 is 5.21. The van der Waals surface area contributed by atoms with Crippen LogP contribution in [-0.2, 0) is 4.79 Å². The molecule has 0 saturated carbocycles. The highest BCUT2D eigenvalue weighted by Crippen LogP contribution is 2.19. The van der Waals surface area contributed by atoms with E-state index in [1.165, 1.54) is 6.08 Å². The molecule has 2 radical (unpaired) electrons. The van der Waals surface area contributed by atoms with E-state index in [0.29, 0.717) is 23.6 Å². The molecule has 100 valence electrons. The second-order valence-corrected chi connectivity index (χ2v) is 4.26. The Morgan fingerprint density at radius 1 is 1.60 bits per heavy atom. The van der Waals surface area contributed by atoms with Gasteiger partial charge in [-0.1, -0.05) is 42.3 Å². The second-order valence-electron chi connectivity index (χ2n) is 4.26. The molecule has 0 fully saturated rings. The van der Waals surface area contributed by atoms with Crippen molar-refractivity contribution in [3.05, 3.63) is 42.7 Å². The van der Waals surface area contributed by atoms with E-state index in [0.717, 1.165) is 5.56 Å². The highest BCUT2D eigenvalue weighted by atomic mass is 16.5. The largest absolute Gasteiger partial charge is 0.342 e. The number of hydrogen-bond donors (Lipinski definition) is 1. The fourth-order valence-corrected chi connectivity index (χ4v) is 1.75. The molecule has 0 aliphatic rings. The molecule has 0 aliphatic carbocycles.